The van der Waals surface area contributed by atoms with E-state index in [0.717, 1.165) is 24.3 Å². The van der Waals surface area contributed by atoms with Crippen LogP contribution in [0.25, 0.3) is 0 Å². The molecule has 2 aromatic rings. The van der Waals surface area contributed by atoms with Crippen molar-refractivity contribution in [2.75, 3.05) is 10.6 Å². The summed E-state index contributed by atoms with van der Waals surface area (Å²) in [6, 6.07) is 5.92. The van der Waals surface area contributed by atoms with Crippen LogP contribution in [0.4, 0.5) is 24.5 Å². The largest absolute Gasteiger partial charge is 0.329 e. The Morgan fingerprint density at radius 1 is 1.00 bits per heavy atom. The van der Waals surface area contributed by atoms with Gasteiger partial charge in [-0.15, -0.1) is 0 Å². The minimum Gasteiger partial charge on any atom is -0.329 e. The van der Waals surface area contributed by atoms with E-state index in [1.54, 1.807) is 0 Å². The average Bonchev–Trinajstić information content (AvgIpc) is 2.44. The minimum atomic E-state index is -0.981. The van der Waals surface area contributed by atoms with Crippen molar-refractivity contribution in [3.63, 3.8) is 0 Å². The maximum atomic E-state index is 13.6. The second-order valence-corrected chi connectivity index (χ2v) is 4.04. The van der Waals surface area contributed by atoms with Gasteiger partial charge in [0.2, 0.25) is 6.41 Å². The SMILES string of the molecule is O=CNc1ccc(F)c(C(=O)Nc2ccc(F)cc2F)c1. The highest BCUT2D eigenvalue weighted by Crippen LogP contribution is 2.19. The molecule has 0 bridgehead atoms. The third-order valence-electron chi connectivity index (χ3n) is 2.62. The lowest BCUT2D eigenvalue weighted by molar-refractivity contribution is -0.105. The lowest BCUT2D eigenvalue weighted by atomic mass is 10.1. The average molecular weight is 294 g/mol. The van der Waals surface area contributed by atoms with Gasteiger partial charge in [0.1, 0.15) is 17.5 Å². The molecule has 21 heavy (non-hydrogen) atoms. The first kappa shape index (κ1) is 14.6. The molecule has 0 unspecified atom stereocenters. The van der Waals surface area contributed by atoms with Crippen LogP contribution in [0, 0.1) is 17.5 Å². The number of carbonyl (C=O) groups is 2. The topological polar surface area (TPSA) is 58.2 Å². The van der Waals surface area contributed by atoms with E-state index in [2.05, 4.69) is 10.6 Å². The number of hydrogen-bond donors (Lipinski definition) is 2. The highest BCUT2D eigenvalue weighted by molar-refractivity contribution is 6.05. The first-order valence-corrected chi connectivity index (χ1v) is 5.77. The molecular weight excluding hydrogens is 285 g/mol. The molecular formula is C14H9F3N2O2. The summed E-state index contributed by atoms with van der Waals surface area (Å²) < 4.78 is 39.8. The van der Waals surface area contributed by atoms with E-state index in [0.29, 0.717) is 12.5 Å². The Bertz CT molecular complexity index is 705. The zero-order chi connectivity index (χ0) is 15.4. The summed E-state index contributed by atoms with van der Waals surface area (Å²) in [5.74, 6) is -3.54. The van der Waals surface area contributed by atoms with Crippen molar-refractivity contribution in [1.82, 2.24) is 0 Å². The fourth-order valence-corrected chi connectivity index (χ4v) is 1.64. The Morgan fingerprint density at radius 2 is 1.76 bits per heavy atom. The second-order valence-electron chi connectivity index (χ2n) is 4.04. The number of rotatable bonds is 4. The van der Waals surface area contributed by atoms with Gasteiger partial charge in [-0.25, -0.2) is 13.2 Å². The van der Waals surface area contributed by atoms with E-state index >= 15 is 0 Å². The predicted octanol–water partition coefficient (Wildman–Crippen LogP) is 2.92. The van der Waals surface area contributed by atoms with Crippen molar-refractivity contribution < 1.29 is 22.8 Å². The third-order valence-corrected chi connectivity index (χ3v) is 2.62. The zero-order valence-electron chi connectivity index (χ0n) is 10.5. The number of benzene rings is 2. The maximum absolute atomic E-state index is 13.6. The predicted molar refractivity (Wildman–Crippen MR) is 70.4 cm³/mol. The molecule has 0 aromatic heterocycles. The molecule has 0 heterocycles. The Labute approximate surface area is 117 Å². The smallest absolute Gasteiger partial charge is 0.258 e. The van der Waals surface area contributed by atoms with Crippen molar-refractivity contribution in [1.29, 1.82) is 0 Å². The molecule has 2 aromatic carbocycles. The minimum absolute atomic E-state index is 0.205. The van der Waals surface area contributed by atoms with Crippen molar-refractivity contribution in [2.45, 2.75) is 0 Å². The van der Waals surface area contributed by atoms with Gasteiger partial charge >= 0.3 is 0 Å². The molecule has 7 heteroatoms. The number of hydrogen-bond acceptors (Lipinski definition) is 2. The van der Waals surface area contributed by atoms with Crippen molar-refractivity contribution in [3.05, 3.63) is 59.4 Å². The Balaban J connectivity index is 2.27. The first-order valence-electron chi connectivity index (χ1n) is 5.77. The van der Waals surface area contributed by atoms with Crippen molar-refractivity contribution in [2.24, 2.45) is 0 Å². The van der Waals surface area contributed by atoms with E-state index in [4.69, 9.17) is 0 Å². The van der Waals surface area contributed by atoms with Crippen LogP contribution in [0.1, 0.15) is 10.4 Å². The Morgan fingerprint density at radius 3 is 2.43 bits per heavy atom. The van der Waals surface area contributed by atoms with Crippen LogP contribution in [-0.4, -0.2) is 12.3 Å². The van der Waals surface area contributed by atoms with Gasteiger partial charge in [-0.2, -0.15) is 0 Å². The van der Waals surface area contributed by atoms with Crippen molar-refractivity contribution in [3.8, 4) is 0 Å². The van der Waals surface area contributed by atoms with Crippen LogP contribution < -0.4 is 10.6 Å². The highest BCUT2D eigenvalue weighted by atomic mass is 19.1. The zero-order valence-corrected chi connectivity index (χ0v) is 10.5. The highest BCUT2D eigenvalue weighted by Gasteiger charge is 2.15. The molecule has 0 aliphatic heterocycles. The summed E-state index contributed by atoms with van der Waals surface area (Å²) >= 11 is 0. The Kier molecular flexibility index (Phi) is 4.22. The lowest BCUT2D eigenvalue weighted by Gasteiger charge is -2.08. The van der Waals surface area contributed by atoms with Gasteiger partial charge in [-0.1, -0.05) is 0 Å². The number of nitrogens with one attached hydrogen (secondary N) is 2. The molecule has 108 valence electrons. The van der Waals surface area contributed by atoms with Crippen LogP contribution in [0.5, 0.6) is 0 Å². The molecule has 0 atom stereocenters. The number of halogens is 3. The summed E-state index contributed by atoms with van der Waals surface area (Å²) in [4.78, 5) is 22.2. The summed E-state index contributed by atoms with van der Waals surface area (Å²) in [5, 5.41) is 4.39. The summed E-state index contributed by atoms with van der Waals surface area (Å²) in [7, 11) is 0. The molecule has 0 aliphatic carbocycles. The molecule has 2 N–H and O–H groups in total. The van der Waals surface area contributed by atoms with Crippen LogP contribution in [0.15, 0.2) is 36.4 Å². The van der Waals surface area contributed by atoms with E-state index < -0.39 is 23.4 Å². The van der Waals surface area contributed by atoms with Crippen LogP contribution in [0.2, 0.25) is 0 Å². The molecule has 2 amide bonds. The molecule has 0 saturated heterocycles. The van der Waals surface area contributed by atoms with Crippen LogP contribution >= 0.6 is 0 Å². The fourth-order valence-electron chi connectivity index (χ4n) is 1.64. The normalized spacial score (nSPS) is 10.0. The summed E-state index contributed by atoms with van der Waals surface area (Å²) in [6.07, 6.45) is 0.370. The lowest BCUT2D eigenvalue weighted by Crippen LogP contribution is -2.15. The van der Waals surface area contributed by atoms with Crippen LogP contribution in [0.3, 0.4) is 0 Å². The van der Waals surface area contributed by atoms with Gasteiger partial charge in [0.15, 0.2) is 0 Å². The molecule has 0 fully saturated rings. The van der Waals surface area contributed by atoms with Gasteiger partial charge in [0.05, 0.1) is 11.3 Å². The van der Waals surface area contributed by atoms with Crippen molar-refractivity contribution >= 4 is 23.7 Å². The molecule has 0 saturated carbocycles. The number of amides is 2. The van der Waals surface area contributed by atoms with E-state index in [1.165, 1.54) is 6.07 Å². The summed E-state index contributed by atoms with van der Waals surface area (Å²) in [6.45, 7) is 0. The molecule has 4 nitrogen and oxygen atoms in total. The first-order chi connectivity index (χ1) is 10.0. The maximum Gasteiger partial charge on any atom is 0.258 e. The Hall–Kier alpha value is -2.83. The van der Waals surface area contributed by atoms with Crippen LogP contribution in [-0.2, 0) is 4.79 Å². The third kappa shape index (κ3) is 3.38. The monoisotopic (exact) mass is 294 g/mol. The quantitative estimate of drug-likeness (QED) is 0.852. The van der Waals surface area contributed by atoms with Gasteiger partial charge < -0.3 is 10.6 Å². The molecule has 0 spiro atoms. The number of anilines is 2. The van der Waals surface area contributed by atoms with Gasteiger partial charge in [-0.05, 0) is 30.3 Å². The fraction of sp³-hybridized carbons (Fsp3) is 0. The van der Waals surface area contributed by atoms with Gasteiger partial charge in [0, 0.05) is 11.8 Å². The summed E-state index contributed by atoms with van der Waals surface area (Å²) in [5.41, 5.74) is -0.462. The van der Waals surface area contributed by atoms with E-state index in [9.17, 15) is 22.8 Å². The number of carbonyl (C=O) groups excluding carboxylic acids is 2. The van der Waals surface area contributed by atoms with Gasteiger partial charge in [0.25, 0.3) is 5.91 Å². The molecule has 2 rings (SSSR count). The van der Waals surface area contributed by atoms with Gasteiger partial charge in [-0.3, -0.25) is 9.59 Å². The molecule has 0 radical (unpaired) electrons. The van der Waals surface area contributed by atoms with E-state index in [-0.39, 0.29) is 16.9 Å². The second kappa shape index (κ2) is 6.08. The van der Waals surface area contributed by atoms with E-state index in [1.807, 2.05) is 0 Å². The standard InChI is InChI=1S/C14H9F3N2O2/c15-8-1-4-13(12(17)5-8)19-14(21)10-6-9(18-7-20)2-3-11(10)16/h1-7H,(H,18,20)(H,19,21). The molecule has 0 aliphatic rings.